The molecular weight excluding hydrogens is 284 g/mol. The minimum absolute atomic E-state index is 0.195. The van der Waals surface area contributed by atoms with E-state index in [0.29, 0.717) is 13.4 Å². The van der Waals surface area contributed by atoms with E-state index in [1.807, 2.05) is 19.1 Å². The standard InChI is InChI=1S/C21H24O2/c1-4-22-15-23-17-11-9-16(10-12-17)18-13-14-21(2,3)20-8-6-5-7-19(18)20/h5-13H,4,14-15H2,1-3H3. The summed E-state index contributed by atoms with van der Waals surface area (Å²) in [7, 11) is 0. The van der Waals surface area contributed by atoms with Crippen molar-refractivity contribution in [2.75, 3.05) is 13.4 Å². The minimum atomic E-state index is 0.195. The molecule has 0 aromatic heterocycles. The Morgan fingerprint density at radius 2 is 1.74 bits per heavy atom. The largest absolute Gasteiger partial charge is 0.468 e. The van der Waals surface area contributed by atoms with Gasteiger partial charge in [-0.1, -0.05) is 56.3 Å². The first-order valence-corrected chi connectivity index (χ1v) is 8.23. The van der Waals surface area contributed by atoms with E-state index < -0.39 is 0 Å². The summed E-state index contributed by atoms with van der Waals surface area (Å²) in [4.78, 5) is 0. The van der Waals surface area contributed by atoms with Crippen molar-refractivity contribution >= 4 is 5.57 Å². The normalized spacial score (nSPS) is 15.7. The lowest BCUT2D eigenvalue weighted by Gasteiger charge is -2.32. The molecule has 0 saturated carbocycles. The van der Waals surface area contributed by atoms with Crippen LogP contribution in [0.3, 0.4) is 0 Å². The molecule has 0 heterocycles. The van der Waals surface area contributed by atoms with Gasteiger partial charge in [-0.15, -0.1) is 0 Å². The van der Waals surface area contributed by atoms with Crippen LogP contribution in [0, 0.1) is 0 Å². The third kappa shape index (κ3) is 3.32. The molecule has 0 spiro atoms. The van der Waals surface area contributed by atoms with Crippen LogP contribution in [0.2, 0.25) is 0 Å². The molecular formula is C21H24O2. The Hall–Kier alpha value is -2.06. The van der Waals surface area contributed by atoms with Crippen LogP contribution in [0.1, 0.15) is 43.9 Å². The number of benzene rings is 2. The van der Waals surface area contributed by atoms with Gasteiger partial charge in [-0.2, -0.15) is 0 Å². The van der Waals surface area contributed by atoms with Crippen LogP contribution in [0.4, 0.5) is 0 Å². The second-order valence-electron chi connectivity index (χ2n) is 6.53. The molecule has 0 saturated heterocycles. The van der Waals surface area contributed by atoms with Gasteiger partial charge in [-0.05, 0) is 53.2 Å². The maximum absolute atomic E-state index is 5.55. The van der Waals surface area contributed by atoms with Gasteiger partial charge in [0.25, 0.3) is 0 Å². The van der Waals surface area contributed by atoms with Crippen LogP contribution < -0.4 is 4.74 Å². The zero-order valence-corrected chi connectivity index (χ0v) is 14.1. The number of ether oxygens (including phenoxy) is 2. The number of fused-ring (bicyclic) bond motifs is 1. The van der Waals surface area contributed by atoms with Crippen molar-refractivity contribution in [1.82, 2.24) is 0 Å². The summed E-state index contributed by atoms with van der Waals surface area (Å²) in [6.45, 7) is 7.54. The smallest absolute Gasteiger partial charge is 0.189 e. The Kier molecular flexibility index (Phi) is 4.53. The van der Waals surface area contributed by atoms with E-state index in [-0.39, 0.29) is 5.41 Å². The highest BCUT2D eigenvalue weighted by molar-refractivity contribution is 5.83. The Morgan fingerprint density at radius 3 is 2.48 bits per heavy atom. The first-order valence-electron chi connectivity index (χ1n) is 8.23. The third-order valence-corrected chi connectivity index (χ3v) is 4.44. The van der Waals surface area contributed by atoms with E-state index >= 15 is 0 Å². The van der Waals surface area contributed by atoms with Crippen molar-refractivity contribution in [1.29, 1.82) is 0 Å². The van der Waals surface area contributed by atoms with Crippen LogP contribution in [0.5, 0.6) is 5.75 Å². The second-order valence-corrected chi connectivity index (χ2v) is 6.53. The quantitative estimate of drug-likeness (QED) is 0.560. The van der Waals surface area contributed by atoms with E-state index in [0.717, 1.165) is 12.2 Å². The van der Waals surface area contributed by atoms with Gasteiger partial charge in [0.2, 0.25) is 0 Å². The Morgan fingerprint density at radius 1 is 1.00 bits per heavy atom. The molecule has 2 aromatic carbocycles. The van der Waals surface area contributed by atoms with Crippen LogP contribution in [-0.4, -0.2) is 13.4 Å². The highest BCUT2D eigenvalue weighted by Crippen LogP contribution is 2.41. The van der Waals surface area contributed by atoms with Crippen molar-refractivity contribution in [2.24, 2.45) is 0 Å². The van der Waals surface area contributed by atoms with Crippen molar-refractivity contribution < 1.29 is 9.47 Å². The Labute approximate surface area is 138 Å². The van der Waals surface area contributed by atoms with Crippen LogP contribution in [-0.2, 0) is 10.2 Å². The molecule has 1 aliphatic rings. The minimum Gasteiger partial charge on any atom is -0.468 e. The fourth-order valence-electron chi connectivity index (χ4n) is 3.08. The summed E-state index contributed by atoms with van der Waals surface area (Å²) in [5.41, 5.74) is 5.51. The zero-order valence-electron chi connectivity index (χ0n) is 14.1. The van der Waals surface area contributed by atoms with Crippen molar-refractivity contribution in [2.45, 2.75) is 32.6 Å². The summed E-state index contributed by atoms with van der Waals surface area (Å²) < 4.78 is 10.8. The maximum Gasteiger partial charge on any atom is 0.189 e. The molecule has 2 heteroatoms. The molecule has 2 aromatic rings. The average Bonchev–Trinajstić information content (AvgIpc) is 2.56. The highest BCUT2D eigenvalue weighted by Gasteiger charge is 2.27. The van der Waals surface area contributed by atoms with Crippen LogP contribution in [0.25, 0.3) is 5.57 Å². The zero-order chi connectivity index (χ0) is 16.3. The van der Waals surface area contributed by atoms with Gasteiger partial charge in [0, 0.05) is 6.61 Å². The molecule has 0 bridgehead atoms. The molecule has 0 fully saturated rings. The molecule has 0 radical (unpaired) electrons. The van der Waals surface area contributed by atoms with Gasteiger partial charge < -0.3 is 9.47 Å². The van der Waals surface area contributed by atoms with Gasteiger partial charge in [0.15, 0.2) is 6.79 Å². The van der Waals surface area contributed by atoms with E-state index in [1.165, 1.54) is 22.3 Å². The summed E-state index contributed by atoms with van der Waals surface area (Å²) in [5.74, 6) is 0.840. The Balaban J connectivity index is 1.86. The molecule has 1 aliphatic carbocycles. The number of allylic oxidation sites excluding steroid dienone is 1. The molecule has 3 rings (SSSR count). The van der Waals surface area contributed by atoms with Crippen LogP contribution >= 0.6 is 0 Å². The monoisotopic (exact) mass is 308 g/mol. The number of hydrogen-bond acceptors (Lipinski definition) is 2. The lowest BCUT2D eigenvalue weighted by Crippen LogP contribution is -2.21. The average molecular weight is 308 g/mol. The van der Waals surface area contributed by atoms with Crippen molar-refractivity contribution in [3.8, 4) is 5.75 Å². The lowest BCUT2D eigenvalue weighted by molar-refractivity contribution is 0.0224. The highest BCUT2D eigenvalue weighted by atomic mass is 16.7. The van der Waals surface area contributed by atoms with E-state index in [4.69, 9.17) is 9.47 Å². The second kappa shape index (κ2) is 6.59. The number of rotatable bonds is 5. The maximum atomic E-state index is 5.55. The fourth-order valence-corrected chi connectivity index (χ4v) is 3.08. The van der Waals surface area contributed by atoms with E-state index in [9.17, 15) is 0 Å². The summed E-state index contributed by atoms with van der Waals surface area (Å²) in [5, 5.41) is 0. The molecule has 0 amide bonds. The van der Waals surface area contributed by atoms with Gasteiger partial charge in [0.1, 0.15) is 5.75 Å². The third-order valence-electron chi connectivity index (χ3n) is 4.44. The predicted molar refractivity (Wildman–Crippen MR) is 94.7 cm³/mol. The van der Waals surface area contributed by atoms with Gasteiger partial charge in [0.05, 0.1) is 0 Å². The van der Waals surface area contributed by atoms with Crippen molar-refractivity contribution in [3.05, 3.63) is 71.3 Å². The molecule has 0 atom stereocenters. The van der Waals surface area contributed by atoms with Crippen LogP contribution in [0.15, 0.2) is 54.6 Å². The van der Waals surface area contributed by atoms with Gasteiger partial charge in [-0.25, -0.2) is 0 Å². The summed E-state index contributed by atoms with van der Waals surface area (Å²) >= 11 is 0. The first-order chi connectivity index (χ1) is 11.1. The molecule has 2 nitrogen and oxygen atoms in total. The SMILES string of the molecule is CCOCOc1ccc(C2=CCC(C)(C)c3ccccc32)cc1. The van der Waals surface area contributed by atoms with E-state index in [1.54, 1.807) is 0 Å². The lowest BCUT2D eigenvalue weighted by atomic mass is 9.72. The first kappa shape index (κ1) is 15.8. The molecule has 0 N–H and O–H groups in total. The summed E-state index contributed by atoms with van der Waals surface area (Å²) in [6.07, 6.45) is 3.42. The van der Waals surface area contributed by atoms with Gasteiger partial charge >= 0.3 is 0 Å². The topological polar surface area (TPSA) is 18.5 Å². The fraction of sp³-hybridized carbons (Fsp3) is 0.333. The van der Waals surface area contributed by atoms with E-state index in [2.05, 4.69) is 56.3 Å². The number of hydrogen-bond donors (Lipinski definition) is 0. The molecule has 120 valence electrons. The molecule has 0 unspecified atom stereocenters. The molecule has 0 aliphatic heterocycles. The van der Waals surface area contributed by atoms with Crippen molar-refractivity contribution in [3.63, 3.8) is 0 Å². The van der Waals surface area contributed by atoms with Gasteiger partial charge in [-0.3, -0.25) is 0 Å². The Bertz CT molecular complexity index is 696. The predicted octanol–water partition coefficient (Wildman–Crippen LogP) is 5.17. The summed E-state index contributed by atoms with van der Waals surface area (Å²) in [6, 6.07) is 17.0. The molecule has 23 heavy (non-hydrogen) atoms.